The van der Waals surface area contributed by atoms with Gasteiger partial charge in [-0.2, -0.15) is 13.2 Å². The van der Waals surface area contributed by atoms with Gasteiger partial charge in [0.05, 0.1) is 10.6 Å². The number of hydrogen-bond acceptors (Lipinski definition) is 6. The van der Waals surface area contributed by atoms with Crippen LogP contribution in [0, 0.1) is 10.1 Å². The van der Waals surface area contributed by atoms with Gasteiger partial charge < -0.3 is 0 Å². The van der Waals surface area contributed by atoms with Gasteiger partial charge in [-0.05, 0) is 12.1 Å². The lowest BCUT2D eigenvalue weighted by atomic mass is 10.2. The number of halogens is 3. The lowest BCUT2D eigenvalue weighted by Gasteiger charge is -2.09. The zero-order valence-electron chi connectivity index (χ0n) is 12.2. The van der Waals surface area contributed by atoms with Crippen LogP contribution in [0.15, 0.2) is 45.5 Å². The Balaban J connectivity index is 1.87. The molecule has 2 heterocycles. The maximum atomic E-state index is 13.0. The van der Waals surface area contributed by atoms with Crippen LogP contribution < -0.4 is 5.56 Å². The van der Waals surface area contributed by atoms with Crippen LogP contribution in [0.2, 0.25) is 0 Å². The van der Waals surface area contributed by atoms with E-state index in [0.29, 0.717) is 10.7 Å². The lowest BCUT2D eigenvalue weighted by Crippen LogP contribution is -2.12. The van der Waals surface area contributed by atoms with Crippen molar-refractivity contribution in [3.8, 4) is 0 Å². The third-order valence-corrected chi connectivity index (χ3v) is 5.00. The van der Waals surface area contributed by atoms with Crippen molar-refractivity contribution in [2.45, 2.75) is 16.8 Å². The van der Waals surface area contributed by atoms with Gasteiger partial charge in [-0.15, -0.1) is 23.1 Å². The molecule has 0 radical (unpaired) electrons. The quantitative estimate of drug-likeness (QED) is 0.385. The van der Waals surface area contributed by atoms with E-state index in [4.69, 9.17) is 0 Å². The van der Waals surface area contributed by atoms with E-state index in [-0.39, 0.29) is 16.2 Å². The maximum Gasteiger partial charge on any atom is 0.423 e. The first-order chi connectivity index (χ1) is 11.8. The number of thiazole rings is 1. The van der Waals surface area contributed by atoms with Crippen LogP contribution in [0.3, 0.4) is 0 Å². The zero-order valence-corrected chi connectivity index (χ0v) is 13.8. The average molecular weight is 387 g/mol. The second-order valence-corrected chi connectivity index (χ2v) is 6.79. The summed E-state index contributed by atoms with van der Waals surface area (Å²) >= 11 is 2.28. The molecule has 0 aliphatic rings. The van der Waals surface area contributed by atoms with Gasteiger partial charge in [0.25, 0.3) is 11.2 Å². The fourth-order valence-electron chi connectivity index (χ4n) is 2.11. The highest BCUT2D eigenvalue weighted by Crippen LogP contribution is 2.38. The Morgan fingerprint density at radius 1 is 1.32 bits per heavy atom. The largest absolute Gasteiger partial charge is 0.423 e. The van der Waals surface area contributed by atoms with Crippen molar-refractivity contribution < 1.29 is 18.1 Å². The molecule has 6 nitrogen and oxygen atoms in total. The van der Waals surface area contributed by atoms with E-state index in [2.05, 4.69) is 4.98 Å². The van der Waals surface area contributed by atoms with Gasteiger partial charge in [-0.25, -0.2) is 4.98 Å². The molecule has 0 fully saturated rings. The van der Waals surface area contributed by atoms with E-state index < -0.39 is 22.4 Å². The number of benzene rings is 1. The van der Waals surface area contributed by atoms with E-state index in [1.165, 1.54) is 27.9 Å². The van der Waals surface area contributed by atoms with Gasteiger partial charge in [0.1, 0.15) is 5.56 Å². The third kappa shape index (κ3) is 3.66. The minimum Gasteiger partial charge on any atom is -0.269 e. The van der Waals surface area contributed by atoms with Gasteiger partial charge in [-0.3, -0.25) is 19.3 Å². The lowest BCUT2D eigenvalue weighted by molar-refractivity contribution is -0.388. The van der Waals surface area contributed by atoms with Crippen LogP contribution >= 0.6 is 23.1 Å². The fourth-order valence-corrected chi connectivity index (χ4v) is 3.68. The molecule has 130 valence electrons. The van der Waals surface area contributed by atoms with Crippen LogP contribution in [0.4, 0.5) is 18.9 Å². The molecule has 0 saturated carbocycles. The van der Waals surface area contributed by atoms with Crippen LogP contribution in [0.25, 0.3) is 4.96 Å². The number of fused-ring (bicyclic) bond motifs is 1. The van der Waals surface area contributed by atoms with E-state index in [9.17, 15) is 28.1 Å². The number of rotatable bonds is 4. The van der Waals surface area contributed by atoms with Gasteiger partial charge >= 0.3 is 6.18 Å². The third-order valence-electron chi connectivity index (χ3n) is 3.21. The summed E-state index contributed by atoms with van der Waals surface area (Å²) in [4.78, 5) is 26.5. The number of hydrogen-bond donors (Lipinski definition) is 0. The predicted molar refractivity (Wildman–Crippen MR) is 87.0 cm³/mol. The Bertz CT molecular complexity index is 1010. The molecule has 11 heteroatoms. The molecule has 0 aliphatic carbocycles. The first-order valence-corrected chi connectivity index (χ1v) is 8.56. The zero-order chi connectivity index (χ0) is 18.2. The van der Waals surface area contributed by atoms with Crippen LogP contribution in [-0.4, -0.2) is 14.3 Å². The molecular weight excluding hydrogens is 379 g/mol. The summed E-state index contributed by atoms with van der Waals surface area (Å²) in [5.74, 6) is 0.165. The highest BCUT2D eigenvalue weighted by atomic mass is 32.2. The Kier molecular flexibility index (Phi) is 4.52. The van der Waals surface area contributed by atoms with Gasteiger partial charge in [-0.1, -0.05) is 0 Å². The molecule has 1 aromatic carbocycles. The van der Waals surface area contributed by atoms with Crippen LogP contribution in [-0.2, 0) is 11.9 Å². The number of alkyl halides is 3. The van der Waals surface area contributed by atoms with Crippen molar-refractivity contribution in [3.63, 3.8) is 0 Å². The molecule has 0 spiro atoms. The molecular formula is C14H8F3N3O3S2. The summed E-state index contributed by atoms with van der Waals surface area (Å²) in [6, 6.07) is 4.12. The Labute approximate surface area is 146 Å². The Morgan fingerprint density at radius 2 is 2.08 bits per heavy atom. The predicted octanol–water partition coefficient (Wildman–Crippen LogP) is 3.98. The molecule has 0 saturated heterocycles. The fraction of sp³-hybridized carbons (Fsp3) is 0.143. The molecule has 0 amide bonds. The molecule has 3 aromatic rings. The van der Waals surface area contributed by atoms with Crippen molar-refractivity contribution >= 4 is 33.7 Å². The molecule has 0 unspecified atom stereocenters. The topological polar surface area (TPSA) is 77.5 Å². The van der Waals surface area contributed by atoms with Crippen molar-refractivity contribution in [1.29, 1.82) is 0 Å². The molecule has 0 atom stereocenters. The van der Waals surface area contributed by atoms with Crippen molar-refractivity contribution in [3.05, 3.63) is 67.6 Å². The molecule has 0 aliphatic heterocycles. The summed E-state index contributed by atoms with van der Waals surface area (Å²) < 4.78 is 40.3. The molecule has 0 bridgehead atoms. The van der Waals surface area contributed by atoms with E-state index in [1.54, 1.807) is 11.6 Å². The summed E-state index contributed by atoms with van der Waals surface area (Å²) in [5, 5.41) is 12.4. The van der Waals surface area contributed by atoms with Crippen molar-refractivity contribution in [2.75, 3.05) is 0 Å². The normalized spacial score (nSPS) is 11.8. The minimum absolute atomic E-state index is 0.165. The second-order valence-electron chi connectivity index (χ2n) is 4.86. The maximum absolute atomic E-state index is 13.0. The standard InChI is InChI=1S/C14H8F3N3O3S2/c15-14(16,17)10-6-9(1-2-11(10)20(22)23)25-7-8-5-12(21)19-3-4-24-13(19)18-8/h1-6H,7H2. The van der Waals surface area contributed by atoms with Crippen LogP contribution in [0.5, 0.6) is 0 Å². The van der Waals surface area contributed by atoms with Crippen molar-refractivity contribution in [1.82, 2.24) is 9.38 Å². The van der Waals surface area contributed by atoms with Crippen molar-refractivity contribution in [2.24, 2.45) is 0 Å². The van der Waals surface area contributed by atoms with E-state index in [0.717, 1.165) is 23.9 Å². The van der Waals surface area contributed by atoms with Gasteiger partial charge in [0, 0.05) is 34.4 Å². The summed E-state index contributed by atoms with van der Waals surface area (Å²) in [6.45, 7) is 0. The van der Waals surface area contributed by atoms with E-state index >= 15 is 0 Å². The number of aromatic nitrogens is 2. The van der Waals surface area contributed by atoms with E-state index in [1.807, 2.05) is 0 Å². The van der Waals surface area contributed by atoms with Gasteiger partial charge in [0.15, 0.2) is 4.96 Å². The highest BCUT2D eigenvalue weighted by molar-refractivity contribution is 7.98. The molecule has 2 aromatic heterocycles. The number of nitro benzene ring substituents is 1. The summed E-state index contributed by atoms with van der Waals surface area (Å²) in [5.41, 5.74) is -2.15. The summed E-state index contributed by atoms with van der Waals surface area (Å²) in [6.07, 6.45) is -3.25. The number of nitro groups is 1. The van der Waals surface area contributed by atoms with Gasteiger partial charge in [0.2, 0.25) is 0 Å². The average Bonchev–Trinajstić information content (AvgIpc) is 3.01. The Hall–Kier alpha value is -2.40. The Morgan fingerprint density at radius 3 is 2.76 bits per heavy atom. The highest BCUT2D eigenvalue weighted by Gasteiger charge is 2.38. The molecule has 3 rings (SSSR count). The van der Waals surface area contributed by atoms with Crippen LogP contribution in [0.1, 0.15) is 11.3 Å². The first kappa shape index (κ1) is 17.4. The second kappa shape index (κ2) is 6.48. The molecule has 25 heavy (non-hydrogen) atoms. The minimum atomic E-state index is -4.83. The SMILES string of the molecule is O=c1cc(CSc2ccc([N+](=O)[O-])c(C(F)(F)F)c2)nc2sccn12. The monoisotopic (exact) mass is 387 g/mol. The smallest absolute Gasteiger partial charge is 0.269 e. The number of thioether (sulfide) groups is 1. The number of nitrogens with zero attached hydrogens (tertiary/aromatic N) is 3. The first-order valence-electron chi connectivity index (χ1n) is 6.70. The molecule has 0 N–H and O–H groups in total. The summed E-state index contributed by atoms with van der Waals surface area (Å²) in [7, 11) is 0.